The molecule has 0 saturated heterocycles. The fourth-order valence-electron chi connectivity index (χ4n) is 6.26. The monoisotopic (exact) mass is 549 g/mol. The fourth-order valence-corrected chi connectivity index (χ4v) is 6.26. The SMILES string of the molecule is c1ccc(-c2ccc3ccc4ccc(-c5ccc6oc7cccc(-c8cccc9ccncc89)c7c6c5)nc4c3n2)cc1. The van der Waals surface area contributed by atoms with E-state index in [1.807, 2.05) is 36.7 Å². The van der Waals surface area contributed by atoms with Gasteiger partial charge in [0, 0.05) is 50.5 Å². The quantitative estimate of drug-likeness (QED) is 0.206. The van der Waals surface area contributed by atoms with Gasteiger partial charge in [-0.3, -0.25) is 4.98 Å². The number of pyridine rings is 3. The summed E-state index contributed by atoms with van der Waals surface area (Å²) in [5.74, 6) is 0. The van der Waals surface area contributed by atoms with Crippen molar-refractivity contribution in [3.63, 3.8) is 0 Å². The van der Waals surface area contributed by atoms with Gasteiger partial charge < -0.3 is 4.42 Å². The molecule has 0 bridgehead atoms. The third kappa shape index (κ3) is 3.81. The Bertz CT molecular complexity index is 2510. The molecule has 0 spiro atoms. The highest BCUT2D eigenvalue weighted by molar-refractivity contribution is 6.16. The maximum Gasteiger partial charge on any atom is 0.136 e. The Hall–Kier alpha value is -5.87. The molecule has 9 rings (SSSR count). The summed E-state index contributed by atoms with van der Waals surface area (Å²) in [6, 6.07) is 44.0. The maximum atomic E-state index is 6.35. The number of furan rings is 1. The lowest BCUT2D eigenvalue weighted by Gasteiger charge is -2.09. The third-order valence-electron chi connectivity index (χ3n) is 8.35. The average Bonchev–Trinajstić information content (AvgIpc) is 3.46. The molecule has 4 aromatic heterocycles. The molecule has 0 amide bonds. The first-order valence-corrected chi connectivity index (χ1v) is 14.3. The second kappa shape index (κ2) is 9.33. The van der Waals surface area contributed by atoms with Crippen LogP contribution in [0.15, 0.2) is 144 Å². The van der Waals surface area contributed by atoms with E-state index < -0.39 is 0 Å². The summed E-state index contributed by atoms with van der Waals surface area (Å²) in [4.78, 5) is 14.7. The molecule has 4 heteroatoms. The lowest BCUT2D eigenvalue weighted by Crippen LogP contribution is -1.91. The summed E-state index contributed by atoms with van der Waals surface area (Å²) >= 11 is 0. The number of benzene rings is 5. The van der Waals surface area contributed by atoms with Gasteiger partial charge in [0.1, 0.15) is 11.2 Å². The van der Waals surface area contributed by atoms with Crippen molar-refractivity contribution < 1.29 is 4.42 Å². The van der Waals surface area contributed by atoms with E-state index in [2.05, 4.69) is 108 Å². The second-order valence-corrected chi connectivity index (χ2v) is 10.9. The van der Waals surface area contributed by atoms with E-state index in [4.69, 9.17) is 14.4 Å². The summed E-state index contributed by atoms with van der Waals surface area (Å²) in [6.45, 7) is 0. The molecule has 0 aliphatic carbocycles. The molecule has 43 heavy (non-hydrogen) atoms. The van der Waals surface area contributed by atoms with Crippen molar-refractivity contribution in [2.75, 3.05) is 0 Å². The van der Waals surface area contributed by atoms with Gasteiger partial charge in [0.25, 0.3) is 0 Å². The molecule has 0 radical (unpaired) electrons. The van der Waals surface area contributed by atoms with Crippen LogP contribution in [0.4, 0.5) is 0 Å². The summed E-state index contributed by atoms with van der Waals surface area (Å²) in [6.07, 6.45) is 3.78. The number of aromatic nitrogens is 3. The fraction of sp³-hybridized carbons (Fsp3) is 0. The van der Waals surface area contributed by atoms with E-state index >= 15 is 0 Å². The van der Waals surface area contributed by atoms with Gasteiger partial charge in [-0.05, 0) is 59.0 Å². The molecule has 0 saturated carbocycles. The van der Waals surface area contributed by atoms with Crippen molar-refractivity contribution in [3.05, 3.63) is 140 Å². The third-order valence-corrected chi connectivity index (χ3v) is 8.35. The second-order valence-electron chi connectivity index (χ2n) is 10.9. The molecule has 4 nitrogen and oxygen atoms in total. The van der Waals surface area contributed by atoms with Crippen LogP contribution in [0.5, 0.6) is 0 Å². The molecule has 0 atom stereocenters. The van der Waals surface area contributed by atoms with Crippen LogP contribution in [0.1, 0.15) is 0 Å². The van der Waals surface area contributed by atoms with E-state index in [0.717, 1.165) is 88.2 Å². The van der Waals surface area contributed by atoms with Crippen molar-refractivity contribution in [1.82, 2.24) is 15.0 Å². The number of nitrogens with zero attached hydrogens (tertiary/aromatic N) is 3. The van der Waals surface area contributed by atoms with E-state index in [-0.39, 0.29) is 0 Å². The van der Waals surface area contributed by atoms with Gasteiger partial charge in [0.05, 0.1) is 22.4 Å². The Balaban J connectivity index is 1.25. The van der Waals surface area contributed by atoms with Gasteiger partial charge in [-0.15, -0.1) is 0 Å². The Kier molecular flexibility index (Phi) is 5.16. The van der Waals surface area contributed by atoms with Crippen LogP contribution in [0, 0.1) is 0 Å². The lowest BCUT2D eigenvalue weighted by molar-refractivity contribution is 0.669. The van der Waals surface area contributed by atoms with Crippen LogP contribution in [-0.4, -0.2) is 15.0 Å². The molecule has 0 aliphatic rings. The van der Waals surface area contributed by atoms with Crippen molar-refractivity contribution in [3.8, 4) is 33.6 Å². The van der Waals surface area contributed by atoms with Gasteiger partial charge in [-0.1, -0.05) is 84.9 Å². The highest BCUT2D eigenvalue weighted by Gasteiger charge is 2.16. The van der Waals surface area contributed by atoms with Gasteiger partial charge in [0.2, 0.25) is 0 Å². The molecule has 9 aromatic rings. The van der Waals surface area contributed by atoms with Crippen LogP contribution >= 0.6 is 0 Å². The molecule has 0 aliphatic heterocycles. The van der Waals surface area contributed by atoms with Gasteiger partial charge >= 0.3 is 0 Å². The Morgan fingerprint density at radius 3 is 2.00 bits per heavy atom. The topological polar surface area (TPSA) is 51.8 Å². The van der Waals surface area contributed by atoms with Crippen LogP contribution in [0.25, 0.3) is 88.2 Å². The molecular formula is C39H23N3O. The Labute approximate surface area is 246 Å². The number of hydrogen-bond acceptors (Lipinski definition) is 4. The van der Waals surface area contributed by atoms with Gasteiger partial charge in [-0.2, -0.15) is 0 Å². The number of hydrogen-bond donors (Lipinski definition) is 0. The maximum absolute atomic E-state index is 6.35. The molecule has 5 aromatic carbocycles. The van der Waals surface area contributed by atoms with Crippen LogP contribution in [0.3, 0.4) is 0 Å². The largest absolute Gasteiger partial charge is 0.456 e. The Morgan fingerprint density at radius 1 is 0.465 bits per heavy atom. The molecule has 4 heterocycles. The van der Waals surface area contributed by atoms with Crippen LogP contribution < -0.4 is 0 Å². The van der Waals surface area contributed by atoms with E-state index in [9.17, 15) is 0 Å². The summed E-state index contributed by atoms with van der Waals surface area (Å²) in [7, 11) is 0. The van der Waals surface area contributed by atoms with Crippen LogP contribution in [0.2, 0.25) is 0 Å². The number of fused-ring (bicyclic) bond motifs is 7. The summed E-state index contributed by atoms with van der Waals surface area (Å²) < 4.78 is 6.35. The first-order chi connectivity index (χ1) is 21.3. The molecule has 0 unspecified atom stereocenters. The van der Waals surface area contributed by atoms with E-state index in [1.165, 1.54) is 0 Å². The standard InChI is InChI=1S/C39H23N3O/c1-2-6-25(7-3-1)33-17-14-26-12-13-27-15-18-34(42-39(27)38(26)41-33)28-16-19-35-31(22-28)37-30(10-5-11-36(37)43-35)29-9-4-8-24-20-21-40-23-32(24)29/h1-23H. The smallest absolute Gasteiger partial charge is 0.136 e. The lowest BCUT2D eigenvalue weighted by atomic mass is 9.95. The van der Waals surface area contributed by atoms with Gasteiger partial charge in [-0.25, -0.2) is 9.97 Å². The zero-order valence-corrected chi connectivity index (χ0v) is 23.0. The minimum absolute atomic E-state index is 0.852. The van der Waals surface area contributed by atoms with Crippen LogP contribution in [-0.2, 0) is 0 Å². The van der Waals surface area contributed by atoms with Crippen molar-refractivity contribution >= 4 is 54.5 Å². The zero-order valence-electron chi connectivity index (χ0n) is 23.0. The van der Waals surface area contributed by atoms with E-state index in [0.29, 0.717) is 0 Å². The molecule has 0 N–H and O–H groups in total. The predicted octanol–water partition coefficient (Wildman–Crippen LogP) is 10.2. The molecule has 200 valence electrons. The summed E-state index contributed by atoms with van der Waals surface area (Å²) in [5, 5.41) is 6.57. The number of rotatable bonds is 3. The molecule has 0 fully saturated rings. The minimum Gasteiger partial charge on any atom is -0.456 e. The highest BCUT2D eigenvalue weighted by atomic mass is 16.3. The first-order valence-electron chi connectivity index (χ1n) is 14.3. The van der Waals surface area contributed by atoms with Crippen molar-refractivity contribution in [1.29, 1.82) is 0 Å². The summed E-state index contributed by atoms with van der Waals surface area (Å²) in [5.41, 5.74) is 9.74. The van der Waals surface area contributed by atoms with Crippen molar-refractivity contribution in [2.24, 2.45) is 0 Å². The van der Waals surface area contributed by atoms with Crippen molar-refractivity contribution in [2.45, 2.75) is 0 Å². The average molecular weight is 550 g/mol. The Morgan fingerprint density at radius 2 is 1.19 bits per heavy atom. The minimum atomic E-state index is 0.852. The normalized spacial score (nSPS) is 11.7. The highest BCUT2D eigenvalue weighted by Crippen LogP contribution is 2.40. The first kappa shape index (κ1) is 23.8. The van der Waals surface area contributed by atoms with E-state index in [1.54, 1.807) is 0 Å². The zero-order chi connectivity index (χ0) is 28.3. The molecular weight excluding hydrogens is 526 g/mol. The van der Waals surface area contributed by atoms with Gasteiger partial charge in [0.15, 0.2) is 0 Å². The predicted molar refractivity (Wildman–Crippen MR) is 176 cm³/mol.